The van der Waals surface area contributed by atoms with Gasteiger partial charge in [-0.1, -0.05) is 37.9 Å². The number of halogens is 1. The predicted octanol–water partition coefficient (Wildman–Crippen LogP) is 5.90. The molecule has 0 aliphatic carbocycles. The summed E-state index contributed by atoms with van der Waals surface area (Å²) in [5.41, 5.74) is 2.00. The highest BCUT2D eigenvalue weighted by Crippen LogP contribution is 2.41. The number of benzene rings is 2. The second kappa shape index (κ2) is 9.48. The second-order valence-electron chi connectivity index (χ2n) is 8.28. The molecule has 0 spiro atoms. The van der Waals surface area contributed by atoms with Crippen LogP contribution in [0.25, 0.3) is 11.0 Å². The summed E-state index contributed by atoms with van der Waals surface area (Å²) in [6.07, 6.45) is 2.71. The van der Waals surface area contributed by atoms with Gasteiger partial charge < -0.3 is 18.8 Å². The van der Waals surface area contributed by atoms with Crippen LogP contribution in [0.1, 0.15) is 66.4 Å². The third kappa shape index (κ3) is 4.08. The number of ether oxygens (including phenoxy) is 2. The first-order chi connectivity index (χ1) is 15.9. The minimum Gasteiger partial charge on any atom is -0.493 e. The minimum atomic E-state index is -0.577. The number of methoxy groups -OCH3 is 1. The molecule has 0 N–H and O–H groups in total. The Bertz CT molecular complexity index is 1270. The summed E-state index contributed by atoms with van der Waals surface area (Å²) in [5, 5.41) is 0.850. The Kier molecular flexibility index (Phi) is 6.66. The van der Waals surface area contributed by atoms with Crippen LogP contribution in [0.5, 0.6) is 11.5 Å². The molecule has 33 heavy (non-hydrogen) atoms. The van der Waals surface area contributed by atoms with Crippen molar-refractivity contribution in [2.75, 3.05) is 20.3 Å². The van der Waals surface area contributed by atoms with E-state index in [2.05, 4.69) is 6.92 Å². The number of amides is 1. The topological polar surface area (TPSA) is 69.0 Å². The Morgan fingerprint density at radius 1 is 1.09 bits per heavy atom. The van der Waals surface area contributed by atoms with Gasteiger partial charge in [-0.15, -0.1) is 0 Å². The smallest absolute Gasteiger partial charge is 0.290 e. The van der Waals surface area contributed by atoms with E-state index in [0.717, 1.165) is 30.4 Å². The zero-order chi connectivity index (χ0) is 23.7. The van der Waals surface area contributed by atoms with Gasteiger partial charge in [0.1, 0.15) is 5.58 Å². The normalized spacial score (nSPS) is 15.2. The highest BCUT2D eigenvalue weighted by atomic mass is 35.5. The summed E-state index contributed by atoms with van der Waals surface area (Å²) < 4.78 is 17.4. The van der Waals surface area contributed by atoms with Crippen LogP contribution in [0.15, 0.2) is 39.5 Å². The van der Waals surface area contributed by atoms with Crippen LogP contribution in [-0.4, -0.2) is 31.1 Å². The van der Waals surface area contributed by atoms with E-state index in [9.17, 15) is 9.59 Å². The first kappa shape index (κ1) is 23.2. The number of hydrogen-bond donors (Lipinski definition) is 0. The van der Waals surface area contributed by atoms with Gasteiger partial charge in [0.2, 0.25) is 5.76 Å². The lowest BCUT2D eigenvalue weighted by atomic mass is 9.97. The fraction of sp³-hybridized carbons (Fsp3) is 0.385. The molecule has 2 heterocycles. The molecule has 0 radical (unpaired) electrons. The summed E-state index contributed by atoms with van der Waals surface area (Å²) in [6, 6.07) is 8.29. The number of nitrogens with zero attached hydrogens (tertiary/aromatic N) is 1. The molecule has 6 nitrogen and oxygen atoms in total. The van der Waals surface area contributed by atoms with Gasteiger partial charge in [-0.25, -0.2) is 0 Å². The molecule has 1 aromatic heterocycles. The van der Waals surface area contributed by atoms with E-state index in [4.69, 9.17) is 25.5 Å². The summed E-state index contributed by atoms with van der Waals surface area (Å²) in [7, 11) is 1.58. The molecular formula is C26H28ClNO5. The number of carbonyl (C=O) groups excluding carboxylic acids is 1. The maximum absolute atomic E-state index is 13.6. The number of fused-ring (bicyclic) bond motifs is 2. The third-order valence-electron chi connectivity index (χ3n) is 5.97. The lowest BCUT2D eigenvalue weighted by Crippen LogP contribution is -2.30. The lowest BCUT2D eigenvalue weighted by Gasteiger charge is -2.25. The van der Waals surface area contributed by atoms with Gasteiger partial charge in [0.15, 0.2) is 16.9 Å². The lowest BCUT2D eigenvalue weighted by molar-refractivity contribution is 0.0728. The molecule has 4 rings (SSSR count). The van der Waals surface area contributed by atoms with Crippen molar-refractivity contribution in [3.63, 3.8) is 0 Å². The zero-order valence-electron chi connectivity index (χ0n) is 19.4. The van der Waals surface area contributed by atoms with Crippen molar-refractivity contribution in [3.05, 3.63) is 68.0 Å². The molecule has 7 heteroatoms. The van der Waals surface area contributed by atoms with E-state index in [1.807, 2.05) is 32.0 Å². The number of aryl methyl sites for hydroxylation is 1. The molecule has 1 aliphatic rings. The standard InChI is InChI=1S/C26H28ClNO5/c1-5-7-11-32-19-9-8-16(13-21(19)31-4)23-22-24(29)17-14-18(27)15(3)12-20(17)33-25(22)26(30)28(23)10-6-2/h8-9,12-14,23H,5-7,10-11H2,1-4H3. The SMILES string of the molecule is CCCCOc1ccc(C2c3c(oc4cc(C)c(Cl)cc4c3=O)C(=O)N2CCC)cc1OC. The highest BCUT2D eigenvalue weighted by molar-refractivity contribution is 6.32. The second-order valence-corrected chi connectivity index (χ2v) is 8.69. The van der Waals surface area contributed by atoms with Crippen LogP contribution in [0.4, 0.5) is 0 Å². The summed E-state index contributed by atoms with van der Waals surface area (Å²) in [6.45, 7) is 7.01. The Morgan fingerprint density at radius 2 is 1.88 bits per heavy atom. The van der Waals surface area contributed by atoms with Crippen molar-refractivity contribution in [1.29, 1.82) is 0 Å². The van der Waals surface area contributed by atoms with Crippen molar-refractivity contribution >= 4 is 28.5 Å². The molecule has 0 fully saturated rings. The zero-order valence-corrected chi connectivity index (χ0v) is 20.1. The first-order valence-electron chi connectivity index (χ1n) is 11.3. The van der Waals surface area contributed by atoms with E-state index in [1.54, 1.807) is 24.1 Å². The Morgan fingerprint density at radius 3 is 2.58 bits per heavy atom. The third-order valence-corrected chi connectivity index (χ3v) is 6.38. The molecule has 1 atom stereocenters. The van der Waals surface area contributed by atoms with Crippen molar-refractivity contribution < 1.29 is 18.7 Å². The van der Waals surface area contributed by atoms with Gasteiger partial charge in [-0.2, -0.15) is 0 Å². The monoisotopic (exact) mass is 469 g/mol. The van der Waals surface area contributed by atoms with E-state index in [0.29, 0.717) is 46.2 Å². The van der Waals surface area contributed by atoms with Crippen LogP contribution in [-0.2, 0) is 0 Å². The van der Waals surface area contributed by atoms with Gasteiger partial charge in [-0.05, 0) is 55.2 Å². The molecule has 2 aromatic carbocycles. The number of unbranched alkanes of at least 4 members (excludes halogenated alkanes) is 1. The van der Waals surface area contributed by atoms with Crippen LogP contribution in [0.2, 0.25) is 5.02 Å². The molecule has 1 amide bonds. The van der Waals surface area contributed by atoms with Crippen LogP contribution in [0, 0.1) is 6.92 Å². The highest BCUT2D eigenvalue weighted by Gasteiger charge is 2.42. The van der Waals surface area contributed by atoms with Crippen molar-refractivity contribution in [1.82, 2.24) is 4.90 Å². The minimum absolute atomic E-state index is 0.0925. The summed E-state index contributed by atoms with van der Waals surface area (Å²) in [4.78, 5) is 28.6. The summed E-state index contributed by atoms with van der Waals surface area (Å²) >= 11 is 6.29. The fourth-order valence-corrected chi connectivity index (χ4v) is 4.42. The number of carbonyl (C=O) groups is 1. The van der Waals surface area contributed by atoms with Gasteiger partial charge in [0.25, 0.3) is 5.91 Å². The van der Waals surface area contributed by atoms with Gasteiger partial charge in [0, 0.05) is 11.6 Å². The first-order valence-corrected chi connectivity index (χ1v) is 11.7. The van der Waals surface area contributed by atoms with Crippen LogP contribution >= 0.6 is 11.6 Å². The number of rotatable bonds is 8. The van der Waals surface area contributed by atoms with Crippen molar-refractivity contribution in [2.24, 2.45) is 0 Å². The molecule has 0 bridgehead atoms. The molecule has 1 aliphatic heterocycles. The van der Waals surface area contributed by atoms with Crippen molar-refractivity contribution in [3.8, 4) is 11.5 Å². The van der Waals surface area contributed by atoms with Gasteiger partial charge in [-0.3, -0.25) is 9.59 Å². The van der Waals surface area contributed by atoms with E-state index in [-0.39, 0.29) is 17.1 Å². The van der Waals surface area contributed by atoms with Gasteiger partial charge >= 0.3 is 0 Å². The van der Waals surface area contributed by atoms with E-state index >= 15 is 0 Å². The maximum Gasteiger partial charge on any atom is 0.290 e. The largest absolute Gasteiger partial charge is 0.493 e. The number of hydrogen-bond acceptors (Lipinski definition) is 5. The molecule has 174 valence electrons. The fourth-order valence-electron chi connectivity index (χ4n) is 4.26. The molecule has 0 saturated heterocycles. The quantitative estimate of drug-likeness (QED) is 0.384. The van der Waals surface area contributed by atoms with E-state index < -0.39 is 6.04 Å². The molecule has 3 aromatic rings. The van der Waals surface area contributed by atoms with E-state index in [1.165, 1.54) is 0 Å². The Balaban J connectivity index is 1.88. The van der Waals surface area contributed by atoms with Crippen LogP contribution in [0.3, 0.4) is 0 Å². The average Bonchev–Trinajstić information content (AvgIpc) is 3.08. The Labute approximate surface area is 198 Å². The predicted molar refractivity (Wildman–Crippen MR) is 129 cm³/mol. The van der Waals surface area contributed by atoms with Crippen LogP contribution < -0.4 is 14.9 Å². The molecular weight excluding hydrogens is 442 g/mol. The molecule has 1 unspecified atom stereocenters. The Hall–Kier alpha value is -2.99. The average molecular weight is 470 g/mol. The summed E-state index contributed by atoms with van der Waals surface area (Å²) in [5.74, 6) is 1.000. The molecule has 0 saturated carbocycles. The van der Waals surface area contributed by atoms with Gasteiger partial charge in [0.05, 0.1) is 30.7 Å². The van der Waals surface area contributed by atoms with Crippen molar-refractivity contribution in [2.45, 2.75) is 46.1 Å². The maximum atomic E-state index is 13.6.